The van der Waals surface area contributed by atoms with Gasteiger partial charge in [0, 0.05) is 68.5 Å². The molecule has 0 bridgehead atoms. The van der Waals surface area contributed by atoms with Crippen molar-refractivity contribution in [1.29, 1.82) is 0 Å². The molecule has 0 aliphatic carbocycles. The van der Waals surface area contributed by atoms with Gasteiger partial charge in [0.15, 0.2) is 0 Å². The number of aliphatic carboxylic acids is 1. The van der Waals surface area contributed by atoms with Gasteiger partial charge in [-0.1, -0.05) is 51.1 Å². The summed E-state index contributed by atoms with van der Waals surface area (Å²) in [6, 6.07) is 26.7. The van der Waals surface area contributed by atoms with Gasteiger partial charge in [-0.2, -0.15) is 0 Å². The van der Waals surface area contributed by atoms with Crippen molar-refractivity contribution in [3.8, 4) is 22.8 Å². The highest BCUT2D eigenvalue weighted by atomic mass is 32.2. The molecule has 0 unspecified atom stereocenters. The first-order valence-electron chi connectivity index (χ1n) is 16.7. The molecular formula is C41H42FN3O4S. The van der Waals surface area contributed by atoms with Crippen molar-refractivity contribution in [3.05, 3.63) is 114 Å². The Balaban J connectivity index is 1.37. The molecule has 0 saturated carbocycles. The molecule has 258 valence electrons. The Hall–Kier alpha value is -4.89. The highest BCUT2D eigenvalue weighted by molar-refractivity contribution is 8.00. The topological polar surface area (TPSA) is 86.5 Å². The van der Waals surface area contributed by atoms with Crippen molar-refractivity contribution in [3.63, 3.8) is 0 Å². The number of ether oxygens (including phenoxy) is 2. The monoisotopic (exact) mass is 691 g/mol. The lowest BCUT2D eigenvalue weighted by molar-refractivity contribution is -0.146. The van der Waals surface area contributed by atoms with Crippen LogP contribution in [0.4, 0.5) is 4.39 Å². The Labute approximate surface area is 296 Å². The van der Waals surface area contributed by atoms with Crippen LogP contribution in [0.15, 0.2) is 96.0 Å². The van der Waals surface area contributed by atoms with E-state index in [1.54, 1.807) is 31.7 Å². The van der Waals surface area contributed by atoms with Gasteiger partial charge in [0.05, 0.1) is 23.2 Å². The second-order valence-electron chi connectivity index (χ2n) is 14.1. The zero-order valence-electron chi connectivity index (χ0n) is 29.3. The molecule has 3 heterocycles. The number of carbonyl (C=O) groups is 1. The number of hydrogen-bond donors (Lipinski definition) is 1. The molecule has 0 aliphatic rings. The van der Waals surface area contributed by atoms with Crippen molar-refractivity contribution >= 4 is 39.5 Å². The Bertz CT molecular complexity index is 2150. The lowest BCUT2D eigenvalue weighted by Crippen LogP contribution is -2.28. The van der Waals surface area contributed by atoms with Crippen LogP contribution < -0.4 is 9.47 Å². The maximum atomic E-state index is 13.9. The highest BCUT2D eigenvalue weighted by Gasteiger charge is 2.33. The molecule has 7 nitrogen and oxygen atoms in total. The van der Waals surface area contributed by atoms with Gasteiger partial charge in [-0.3, -0.25) is 4.79 Å². The summed E-state index contributed by atoms with van der Waals surface area (Å²) in [6.45, 7) is 13.3. The van der Waals surface area contributed by atoms with Gasteiger partial charge in [0.1, 0.15) is 18.2 Å². The van der Waals surface area contributed by atoms with Crippen LogP contribution in [0, 0.1) is 11.2 Å². The van der Waals surface area contributed by atoms with E-state index < -0.39 is 11.4 Å². The average Bonchev–Trinajstić information content (AvgIpc) is 3.33. The molecule has 0 atom stereocenters. The number of halogens is 1. The van der Waals surface area contributed by atoms with Crippen LogP contribution in [0.25, 0.3) is 32.9 Å². The maximum Gasteiger partial charge on any atom is 0.309 e. The zero-order valence-corrected chi connectivity index (χ0v) is 30.1. The maximum absolute atomic E-state index is 13.9. The first kappa shape index (κ1) is 35.0. The number of carboxylic acids is 1. The van der Waals surface area contributed by atoms with Crippen molar-refractivity contribution in [2.75, 3.05) is 6.61 Å². The Morgan fingerprint density at radius 2 is 1.64 bits per heavy atom. The van der Waals surface area contributed by atoms with Gasteiger partial charge in [0.2, 0.25) is 5.88 Å². The Morgan fingerprint density at radius 3 is 2.32 bits per heavy atom. The van der Waals surface area contributed by atoms with Crippen molar-refractivity contribution in [1.82, 2.24) is 14.5 Å². The van der Waals surface area contributed by atoms with Gasteiger partial charge in [-0.15, -0.1) is 11.8 Å². The fourth-order valence-electron chi connectivity index (χ4n) is 5.86. The van der Waals surface area contributed by atoms with Crippen LogP contribution in [-0.4, -0.2) is 37.0 Å². The van der Waals surface area contributed by atoms with E-state index in [2.05, 4.69) is 65.6 Å². The van der Waals surface area contributed by atoms with Crippen LogP contribution in [-0.2, 0) is 24.4 Å². The third-order valence-electron chi connectivity index (χ3n) is 8.44. The van der Waals surface area contributed by atoms with E-state index in [9.17, 15) is 14.3 Å². The third-order valence-corrected chi connectivity index (χ3v) is 9.72. The molecular weight excluding hydrogens is 650 g/mol. The number of hydrogen-bond acceptors (Lipinski definition) is 6. The summed E-state index contributed by atoms with van der Waals surface area (Å²) in [5.74, 6) is 0.0957. The molecule has 6 aromatic rings. The van der Waals surface area contributed by atoms with E-state index >= 15 is 0 Å². The summed E-state index contributed by atoms with van der Waals surface area (Å²) in [6.07, 6.45) is 2.16. The third kappa shape index (κ3) is 7.94. The molecule has 0 spiro atoms. The number of fused-ring (bicyclic) bond motifs is 2. The van der Waals surface area contributed by atoms with E-state index in [1.165, 1.54) is 12.1 Å². The summed E-state index contributed by atoms with van der Waals surface area (Å²) in [5.41, 5.74) is 5.39. The molecule has 3 aromatic carbocycles. The summed E-state index contributed by atoms with van der Waals surface area (Å²) in [5, 5.41) is 12.1. The molecule has 0 radical (unpaired) electrons. The second kappa shape index (κ2) is 14.2. The number of pyridine rings is 2. The van der Waals surface area contributed by atoms with Gasteiger partial charge in [-0.25, -0.2) is 14.4 Å². The minimum Gasteiger partial charge on any atom is -0.487 e. The predicted octanol–water partition coefficient (Wildman–Crippen LogP) is 9.96. The summed E-state index contributed by atoms with van der Waals surface area (Å²) in [7, 11) is 0. The van der Waals surface area contributed by atoms with Gasteiger partial charge in [-0.05, 0) is 74.4 Å². The first-order valence-corrected chi connectivity index (χ1v) is 17.5. The molecule has 50 heavy (non-hydrogen) atoms. The lowest BCUT2D eigenvalue weighted by atomic mass is 9.88. The molecule has 9 heteroatoms. The number of thioether (sulfide) groups is 1. The van der Waals surface area contributed by atoms with Gasteiger partial charge >= 0.3 is 5.97 Å². The normalized spacial score (nSPS) is 12.1. The summed E-state index contributed by atoms with van der Waals surface area (Å²) < 4.78 is 27.7. The number of nitrogens with zero attached hydrogens (tertiary/aromatic N) is 3. The highest BCUT2D eigenvalue weighted by Crippen LogP contribution is 2.44. The minimum atomic E-state index is -0.996. The Kier molecular flexibility index (Phi) is 9.89. The van der Waals surface area contributed by atoms with Crippen LogP contribution in [0.5, 0.6) is 11.6 Å². The number of carboxylic acid groups (broad SMARTS) is 1. The minimum absolute atomic E-state index is 0.143. The molecule has 1 N–H and O–H groups in total. The fourth-order valence-corrected chi connectivity index (χ4v) is 7.04. The van der Waals surface area contributed by atoms with Crippen LogP contribution >= 0.6 is 11.8 Å². The van der Waals surface area contributed by atoms with Gasteiger partial charge in [0.25, 0.3) is 0 Å². The fraction of sp³-hybridized carbons (Fsp3) is 0.293. The van der Waals surface area contributed by atoms with Crippen LogP contribution in [0.1, 0.15) is 58.5 Å². The lowest BCUT2D eigenvalue weighted by Gasteiger charge is -2.24. The standard InChI is InChI=1S/C41H42FN3O4S/c1-7-48-37-19-14-29(23-43-37)27-10-8-26(9-11-27)24-45-35-18-17-32(49-25-31-16-13-28-12-15-30(42)20-34(28)44-31)21-33(35)38(50-40(2,3)4)36(45)22-41(5,6)39(46)47/h8-21,23H,7,22,24-25H2,1-6H3,(H,46,47). The van der Waals surface area contributed by atoms with E-state index in [-0.39, 0.29) is 17.2 Å². The van der Waals surface area contributed by atoms with Crippen molar-refractivity contribution < 1.29 is 23.8 Å². The van der Waals surface area contributed by atoms with Crippen molar-refractivity contribution in [2.24, 2.45) is 5.41 Å². The van der Waals surface area contributed by atoms with E-state index in [1.807, 2.05) is 49.5 Å². The smallest absolute Gasteiger partial charge is 0.309 e. The summed E-state index contributed by atoms with van der Waals surface area (Å²) >= 11 is 1.74. The first-order chi connectivity index (χ1) is 23.8. The molecule has 0 aliphatic heterocycles. The second-order valence-corrected chi connectivity index (χ2v) is 15.9. The SMILES string of the molecule is CCOc1ccc(-c2ccc(Cn3c(CC(C)(C)C(=O)O)c(SC(C)(C)C)c4cc(OCc5ccc6ccc(F)cc6n5)ccc43)cc2)cn1. The van der Waals surface area contributed by atoms with E-state index in [0.717, 1.165) is 43.6 Å². The largest absolute Gasteiger partial charge is 0.487 e. The molecule has 3 aromatic heterocycles. The predicted molar refractivity (Wildman–Crippen MR) is 199 cm³/mol. The number of benzene rings is 3. The molecule has 6 rings (SSSR count). The molecule has 0 fully saturated rings. The molecule has 0 saturated heterocycles. The van der Waals surface area contributed by atoms with Crippen LogP contribution in [0.3, 0.4) is 0 Å². The van der Waals surface area contributed by atoms with Gasteiger partial charge < -0.3 is 19.1 Å². The average molecular weight is 692 g/mol. The quantitative estimate of drug-likeness (QED) is 0.128. The van der Waals surface area contributed by atoms with Crippen molar-refractivity contribution in [2.45, 2.75) is 70.8 Å². The van der Waals surface area contributed by atoms with E-state index in [0.29, 0.717) is 42.4 Å². The van der Waals surface area contributed by atoms with Crippen LogP contribution in [0.2, 0.25) is 0 Å². The number of rotatable bonds is 12. The Morgan fingerprint density at radius 1 is 0.900 bits per heavy atom. The van der Waals surface area contributed by atoms with E-state index in [4.69, 9.17) is 9.47 Å². The summed E-state index contributed by atoms with van der Waals surface area (Å²) in [4.78, 5) is 22.5. The zero-order chi connectivity index (χ0) is 35.6. The molecule has 0 amide bonds. The number of aromatic nitrogens is 3.